The van der Waals surface area contributed by atoms with E-state index in [9.17, 15) is 14.9 Å². The summed E-state index contributed by atoms with van der Waals surface area (Å²) >= 11 is 0. The van der Waals surface area contributed by atoms with Gasteiger partial charge >= 0.3 is 0 Å². The summed E-state index contributed by atoms with van der Waals surface area (Å²) in [5.41, 5.74) is 1.58. The van der Waals surface area contributed by atoms with Crippen LogP contribution in [0.2, 0.25) is 0 Å². The molecule has 0 spiro atoms. The van der Waals surface area contributed by atoms with Crippen LogP contribution >= 0.6 is 0 Å². The molecule has 0 aliphatic carbocycles. The van der Waals surface area contributed by atoms with E-state index in [1.165, 1.54) is 12.1 Å². The van der Waals surface area contributed by atoms with E-state index in [1.54, 1.807) is 20.1 Å². The molecule has 0 bridgehead atoms. The fourth-order valence-corrected chi connectivity index (χ4v) is 2.56. The Hall–Kier alpha value is -2.89. The van der Waals surface area contributed by atoms with Crippen LogP contribution in [0.3, 0.4) is 0 Å². The maximum atomic E-state index is 12.5. The molecule has 0 heterocycles. The third kappa shape index (κ3) is 3.71. The second-order valence-electron chi connectivity index (χ2n) is 5.41. The zero-order valence-electron chi connectivity index (χ0n) is 13.9. The van der Waals surface area contributed by atoms with Gasteiger partial charge in [-0.3, -0.25) is 14.9 Å². The molecule has 6 nitrogen and oxygen atoms in total. The van der Waals surface area contributed by atoms with Crippen molar-refractivity contribution >= 4 is 11.6 Å². The van der Waals surface area contributed by atoms with Crippen molar-refractivity contribution in [2.45, 2.75) is 26.3 Å². The van der Waals surface area contributed by atoms with Gasteiger partial charge in [-0.2, -0.15) is 0 Å². The minimum atomic E-state index is -0.479. The number of nitro benzene ring substituents is 1. The van der Waals surface area contributed by atoms with E-state index < -0.39 is 4.92 Å². The first-order chi connectivity index (χ1) is 11.5. The van der Waals surface area contributed by atoms with Crippen molar-refractivity contribution in [3.8, 4) is 5.75 Å². The van der Waals surface area contributed by atoms with Gasteiger partial charge in [-0.25, -0.2) is 0 Å². The fraction of sp³-hybridized carbons (Fsp3) is 0.278. The van der Waals surface area contributed by atoms with Gasteiger partial charge in [-0.1, -0.05) is 25.1 Å². The summed E-state index contributed by atoms with van der Waals surface area (Å²) in [7, 11) is 1.60. The number of amides is 1. The minimum Gasteiger partial charge on any atom is -0.497 e. The third-order valence-electron chi connectivity index (χ3n) is 3.98. The Morgan fingerprint density at radius 2 is 1.92 bits per heavy atom. The SMILES string of the molecule is CC[C@@H](NC(=O)c1cccc([N+](=O)[O-])c1C)c1ccc(OC)cc1. The van der Waals surface area contributed by atoms with Crippen molar-refractivity contribution in [1.82, 2.24) is 5.32 Å². The monoisotopic (exact) mass is 328 g/mol. The molecule has 0 aliphatic heterocycles. The van der Waals surface area contributed by atoms with Gasteiger partial charge < -0.3 is 10.1 Å². The van der Waals surface area contributed by atoms with Crippen molar-refractivity contribution in [2.75, 3.05) is 7.11 Å². The molecule has 2 rings (SSSR count). The number of nitrogens with one attached hydrogen (secondary N) is 1. The number of methoxy groups -OCH3 is 1. The van der Waals surface area contributed by atoms with Crippen molar-refractivity contribution < 1.29 is 14.5 Å². The molecule has 2 aromatic rings. The predicted octanol–water partition coefficient (Wildman–Crippen LogP) is 3.79. The number of benzene rings is 2. The Labute approximate surface area is 140 Å². The zero-order chi connectivity index (χ0) is 17.7. The lowest BCUT2D eigenvalue weighted by Crippen LogP contribution is -2.28. The van der Waals surface area contributed by atoms with E-state index >= 15 is 0 Å². The lowest BCUT2D eigenvalue weighted by atomic mass is 10.0. The average molecular weight is 328 g/mol. The van der Waals surface area contributed by atoms with Gasteiger partial charge in [0.1, 0.15) is 5.75 Å². The first kappa shape index (κ1) is 17.5. The maximum absolute atomic E-state index is 12.5. The van der Waals surface area contributed by atoms with Gasteiger partial charge in [0.15, 0.2) is 0 Å². The largest absolute Gasteiger partial charge is 0.497 e. The van der Waals surface area contributed by atoms with Crippen LogP contribution in [-0.2, 0) is 0 Å². The molecule has 0 saturated carbocycles. The molecule has 1 amide bonds. The molecule has 0 saturated heterocycles. The first-order valence-corrected chi connectivity index (χ1v) is 7.66. The Bertz CT molecular complexity index is 741. The van der Waals surface area contributed by atoms with Crippen LogP contribution in [-0.4, -0.2) is 17.9 Å². The Morgan fingerprint density at radius 1 is 1.25 bits per heavy atom. The molecule has 0 aliphatic rings. The van der Waals surface area contributed by atoms with Crippen LogP contribution in [0.4, 0.5) is 5.69 Å². The zero-order valence-corrected chi connectivity index (χ0v) is 13.9. The number of carbonyl (C=O) groups excluding carboxylic acids is 1. The summed E-state index contributed by atoms with van der Waals surface area (Å²) in [5, 5.41) is 14.0. The van der Waals surface area contributed by atoms with Crippen LogP contribution in [0.1, 0.15) is 40.9 Å². The molecular weight excluding hydrogens is 308 g/mol. The second kappa shape index (κ2) is 7.59. The topological polar surface area (TPSA) is 81.5 Å². The molecule has 6 heteroatoms. The highest BCUT2D eigenvalue weighted by Gasteiger charge is 2.20. The number of ether oxygens (including phenoxy) is 1. The number of hydrogen-bond donors (Lipinski definition) is 1. The van der Waals surface area contributed by atoms with Crippen molar-refractivity contribution in [3.05, 3.63) is 69.3 Å². The van der Waals surface area contributed by atoms with Crippen LogP contribution in [0.5, 0.6) is 5.75 Å². The summed E-state index contributed by atoms with van der Waals surface area (Å²) in [4.78, 5) is 23.1. The van der Waals surface area contributed by atoms with Crippen LogP contribution < -0.4 is 10.1 Å². The number of nitro groups is 1. The summed E-state index contributed by atoms with van der Waals surface area (Å²) < 4.78 is 5.13. The quantitative estimate of drug-likeness (QED) is 0.646. The molecule has 24 heavy (non-hydrogen) atoms. The molecule has 0 fully saturated rings. The van der Waals surface area contributed by atoms with Crippen LogP contribution in [0.25, 0.3) is 0 Å². The molecule has 2 aromatic carbocycles. The average Bonchev–Trinajstić information content (AvgIpc) is 2.59. The molecule has 1 N–H and O–H groups in total. The van der Waals surface area contributed by atoms with E-state index in [2.05, 4.69) is 5.32 Å². The number of nitrogens with zero attached hydrogens (tertiary/aromatic N) is 1. The molecule has 0 radical (unpaired) electrons. The molecule has 1 atom stereocenters. The molecular formula is C18H20N2O4. The van der Waals surface area contributed by atoms with E-state index in [0.717, 1.165) is 11.3 Å². The summed E-state index contributed by atoms with van der Waals surface area (Å²) in [6.45, 7) is 3.55. The van der Waals surface area contributed by atoms with E-state index in [4.69, 9.17) is 4.74 Å². The van der Waals surface area contributed by atoms with Crippen molar-refractivity contribution in [3.63, 3.8) is 0 Å². The lowest BCUT2D eigenvalue weighted by Gasteiger charge is -2.18. The highest BCUT2D eigenvalue weighted by molar-refractivity contribution is 5.96. The lowest BCUT2D eigenvalue weighted by molar-refractivity contribution is -0.385. The van der Waals surface area contributed by atoms with E-state index in [0.29, 0.717) is 17.5 Å². The normalized spacial score (nSPS) is 11.6. The van der Waals surface area contributed by atoms with Crippen LogP contribution in [0.15, 0.2) is 42.5 Å². The second-order valence-corrected chi connectivity index (χ2v) is 5.41. The highest BCUT2D eigenvalue weighted by atomic mass is 16.6. The van der Waals surface area contributed by atoms with E-state index in [1.807, 2.05) is 31.2 Å². The minimum absolute atomic E-state index is 0.0554. The number of carbonyl (C=O) groups is 1. The van der Waals surface area contributed by atoms with Gasteiger partial charge in [0.2, 0.25) is 0 Å². The maximum Gasteiger partial charge on any atom is 0.273 e. The van der Waals surface area contributed by atoms with Gasteiger partial charge in [0.05, 0.1) is 18.1 Å². The third-order valence-corrected chi connectivity index (χ3v) is 3.98. The number of hydrogen-bond acceptors (Lipinski definition) is 4. The summed E-state index contributed by atoms with van der Waals surface area (Å²) in [5.74, 6) is 0.424. The summed E-state index contributed by atoms with van der Waals surface area (Å²) in [6, 6.07) is 11.8. The van der Waals surface area contributed by atoms with Crippen LogP contribution in [0, 0.1) is 17.0 Å². The Balaban J connectivity index is 2.23. The predicted molar refractivity (Wildman–Crippen MR) is 91.3 cm³/mol. The fourth-order valence-electron chi connectivity index (χ4n) is 2.56. The smallest absolute Gasteiger partial charge is 0.273 e. The molecule has 126 valence electrons. The van der Waals surface area contributed by atoms with Gasteiger partial charge in [-0.05, 0) is 37.1 Å². The summed E-state index contributed by atoms with van der Waals surface area (Å²) in [6.07, 6.45) is 0.700. The van der Waals surface area contributed by atoms with Crippen molar-refractivity contribution in [2.24, 2.45) is 0 Å². The van der Waals surface area contributed by atoms with Gasteiger partial charge in [0, 0.05) is 17.2 Å². The Kier molecular flexibility index (Phi) is 5.52. The Morgan fingerprint density at radius 3 is 2.46 bits per heavy atom. The van der Waals surface area contributed by atoms with Crippen molar-refractivity contribution in [1.29, 1.82) is 0 Å². The first-order valence-electron chi connectivity index (χ1n) is 7.66. The van der Waals surface area contributed by atoms with Gasteiger partial charge in [-0.15, -0.1) is 0 Å². The molecule has 0 unspecified atom stereocenters. The number of rotatable bonds is 6. The highest BCUT2D eigenvalue weighted by Crippen LogP contribution is 2.24. The van der Waals surface area contributed by atoms with E-state index in [-0.39, 0.29) is 17.6 Å². The standard InChI is InChI=1S/C18H20N2O4/c1-4-16(13-8-10-14(24-3)11-9-13)19-18(21)15-6-5-7-17(12(15)2)20(22)23/h5-11,16H,4H2,1-3H3,(H,19,21)/t16-/m1/s1. The van der Waals surface area contributed by atoms with Gasteiger partial charge in [0.25, 0.3) is 11.6 Å². The molecule has 0 aromatic heterocycles.